The summed E-state index contributed by atoms with van der Waals surface area (Å²) in [4.78, 5) is 0. The van der Waals surface area contributed by atoms with E-state index < -0.39 is 0 Å². The molecular weight excluding hydrogens is 200 g/mol. The SMILES string of the molecule is COc1ccc(CC2(C)CO2)cc1Cl. The Morgan fingerprint density at radius 3 is 2.79 bits per heavy atom. The van der Waals surface area contributed by atoms with Gasteiger partial charge in [-0.3, -0.25) is 0 Å². The maximum absolute atomic E-state index is 6.01. The van der Waals surface area contributed by atoms with Gasteiger partial charge < -0.3 is 9.47 Å². The van der Waals surface area contributed by atoms with E-state index in [9.17, 15) is 0 Å². The number of ether oxygens (including phenoxy) is 2. The molecule has 1 aromatic rings. The number of rotatable bonds is 3. The molecular formula is C11H13ClO2. The first-order chi connectivity index (χ1) is 6.63. The summed E-state index contributed by atoms with van der Waals surface area (Å²) in [5.41, 5.74) is 1.23. The van der Waals surface area contributed by atoms with E-state index in [1.165, 1.54) is 5.56 Å². The smallest absolute Gasteiger partial charge is 0.137 e. The van der Waals surface area contributed by atoms with E-state index in [1.807, 2.05) is 18.2 Å². The Morgan fingerprint density at radius 1 is 1.57 bits per heavy atom. The van der Waals surface area contributed by atoms with Crippen molar-refractivity contribution in [3.8, 4) is 5.75 Å². The van der Waals surface area contributed by atoms with Crippen molar-refractivity contribution in [1.29, 1.82) is 0 Å². The highest BCUT2D eigenvalue weighted by atomic mass is 35.5. The van der Waals surface area contributed by atoms with Gasteiger partial charge >= 0.3 is 0 Å². The molecule has 0 amide bonds. The zero-order valence-corrected chi connectivity index (χ0v) is 9.10. The molecule has 1 heterocycles. The first kappa shape index (κ1) is 9.81. The maximum Gasteiger partial charge on any atom is 0.137 e. The molecule has 1 unspecified atom stereocenters. The van der Waals surface area contributed by atoms with Crippen LogP contribution in [0.3, 0.4) is 0 Å². The van der Waals surface area contributed by atoms with Crippen LogP contribution in [0.15, 0.2) is 18.2 Å². The van der Waals surface area contributed by atoms with Gasteiger partial charge in [0.05, 0.1) is 24.3 Å². The van der Waals surface area contributed by atoms with Gasteiger partial charge in [0.2, 0.25) is 0 Å². The number of epoxide rings is 1. The molecule has 0 saturated carbocycles. The lowest BCUT2D eigenvalue weighted by molar-refractivity contribution is 0.322. The third-order valence-corrected chi connectivity index (χ3v) is 2.73. The van der Waals surface area contributed by atoms with Crippen LogP contribution in [0.4, 0.5) is 0 Å². The van der Waals surface area contributed by atoms with Gasteiger partial charge in [0.25, 0.3) is 0 Å². The van der Waals surface area contributed by atoms with E-state index in [4.69, 9.17) is 21.1 Å². The highest BCUT2D eigenvalue weighted by molar-refractivity contribution is 6.32. The molecule has 0 N–H and O–H groups in total. The third kappa shape index (κ3) is 2.02. The lowest BCUT2D eigenvalue weighted by Crippen LogP contribution is -2.08. The summed E-state index contributed by atoms with van der Waals surface area (Å²) in [6.07, 6.45) is 0.913. The largest absolute Gasteiger partial charge is 0.495 e. The van der Waals surface area contributed by atoms with Crippen LogP contribution in [-0.4, -0.2) is 19.3 Å². The van der Waals surface area contributed by atoms with E-state index in [2.05, 4.69) is 6.92 Å². The quantitative estimate of drug-likeness (QED) is 0.719. The Kier molecular flexibility index (Phi) is 2.41. The fourth-order valence-corrected chi connectivity index (χ4v) is 1.76. The lowest BCUT2D eigenvalue weighted by atomic mass is 10.0. The third-order valence-electron chi connectivity index (χ3n) is 2.43. The normalized spacial score (nSPS) is 24.8. The Bertz CT molecular complexity index is 345. The van der Waals surface area contributed by atoms with E-state index in [0.29, 0.717) is 5.02 Å². The van der Waals surface area contributed by atoms with E-state index in [0.717, 1.165) is 18.8 Å². The van der Waals surface area contributed by atoms with Crippen molar-refractivity contribution in [1.82, 2.24) is 0 Å². The molecule has 76 valence electrons. The second-order valence-electron chi connectivity index (χ2n) is 3.88. The highest BCUT2D eigenvalue weighted by Gasteiger charge is 2.39. The predicted molar refractivity (Wildman–Crippen MR) is 56.1 cm³/mol. The van der Waals surface area contributed by atoms with Crippen molar-refractivity contribution in [2.75, 3.05) is 13.7 Å². The minimum Gasteiger partial charge on any atom is -0.495 e. The Balaban J connectivity index is 2.15. The minimum absolute atomic E-state index is 0.0396. The van der Waals surface area contributed by atoms with Gasteiger partial charge in [-0.25, -0.2) is 0 Å². The molecule has 14 heavy (non-hydrogen) atoms. The van der Waals surface area contributed by atoms with Crippen LogP contribution >= 0.6 is 11.6 Å². The molecule has 1 saturated heterocycles. The van der Waals surface area contributed by atoms with Crippen LogP contribution < -0.4 is 4.74 Å². The first-order valence-electron chi connectivity index (χ1n) is 4.59. The molecule has 0 bridgehead atoms. The molecule has 0 aromatic heterocycles. The van der Waals surface area contributed by atoms with Crippen molar-refractivity contribution in [2.24, 2.45) is 0 Å². The van der Waals surface area contributed by atoms with Gasteiger partial charge in [-0.05, 0) is 24.6 Å². The Hall–Kier alpha value is -0.730. The van der Waals surface area contributed by atoms with Crippen LogP contribution in [0.2, 0.25) is 5.02 Å². The van der Waals surface area contributed by atoms with Gasteiger partial charge in [0.1, 0.15) is 5.75 Å². The van der Waals surface area contributed by atoms with Crippen molar-refractivity contribution < 1.29 is 9.47 Å². The summed E-state index contributed by atoms with van der Waals surface area (Å²) in [6.45, 7) is 2.95. The predicted octanol–water partition coefficient (Wildman–Crippen LogP) is 2.68. The summed E-state index contributed by atoms with van der Waals surface area (Å²) < 4.78 is 10.4. The van der Waals surface area contributed by atoms with E-state index >= 15 is 0 Å². The summed E-state index contributed by atoms with van der Waals surface area (Å²) in [5.74, 6) is 0.720. The van der Waals surface area contributed by atoms with Crippen molar-refractivity contribution in [3.05, 3.63) is 28.8 Å². The average molecular weight is 213 g/mol. The molecule has 2 nitrogen and oxygen atoms in total. The van der Waals surface area contributed by atoms with Crippen LogP contribution in [0.5, 0.6) is 5.75 Å². The summed E-state index contributed by atoms with van der Waals surface area (Å²) in [6, 6.07) is 5.86. The number of benzene rings is 1. The summed E-state index contributed by atoms with van der Waals surface area (Å²) in [7, 11) is 1.62. The van der Waals surface area contributed by atoms with Crippen molar-refractivity contribution in [2.45, 2.75) is 18.9 Å². The standard InChI is InChI=1S/C11H13ClO2/c1-11(7-14-11)6-8-3-4-10(13-2)9(12)5-8/h3-5H,6-7H2,1-2H3. The van der Waals surface area contributed by atoms with Gasteiger partial charge in [0.15, 0.2) is 0 Å². The maximum atomic E-state index is 6.01. The minimum atomic E-state index is 0.0396. The first-order valence-corrected chi connectivity index (χ1v) is 4.97. The van der Waals surface area contributed by atoms with E-state index in [-0.39, 0.29) is 5.60 Å². The molecule has 1 fully saturated rings. The molecule has 1 aliphatic rings. The second-order valence-corrected chi connectivity index (χ2v) is 4.29. The Labute approximate surface area is 88.8 Å². The van der Waals surface area contributed by atoms with Crippen LogP contribution in [0.1, 0.15) is 12.5 Å². The molecule has 2 rings (SSSR count). The number of halogens is 1. The molecule has 1 aromatic carbocycles. The molecule has 1 atom stereocenters. The molecule has 3 heteroatoms. The van der Waals surface area contributed by atoms with Gasteiger partial charge in [0, 0.05) is 6.42 Å². The lowest BCUT2D eigenvalue weighted by Gasteiger charge is -2.08. The molecule has 0 spiro atoms. The summed E-state index contributed by atoms with van der Waals surface area (Å²) in [5, 5.41) is 0.661. The average Bonchev–Trinajstić information content (AvgIpc) is 2.84. The second kappa shape index (κ2) is 3.44. The van der Waals surface area contributed by atoms with Gasteiger partial charge in [-0.1, -0.05) is 17.7 Å². The number of hydrogen-bond acceptors (Lipinski definition) is 2. The van der Waals surface area contributed by atoms with Gasteiger partial charge in [-0.2, -0.15) is 0 Å². The van der Waals surface area contributed by atoms with Crippen molar-refractivity contribution in [3.63, 3.8) is 0 Å². The highest BCUT2D eigenvalue weighted by Crippen LogP contribution is 2.32. The topological polar surface area (TPSA) is 21.8 Å². The fraction of sp³-hybridized carbons (Fsp3) is 0.455. The Morgan fingerprint density at radius 2 is 2.29 bits per heavy atom. The molecule has 0 radical (unpaired) electrons. The van der Waals surface area contributed by atoms with E-state index in [1.54, 1.807) is 7.11 Å². The molecule has 0 aliphatic carbocycles. The summed E-state index contributed by atoms with van der Waals surface area (Å²) >= 11 is 6.01. The fourth-order valence-electron chi connectivity index (χ4n) is 1.48. The van der Waals surface area contributed by atoms with Crippen LogP contribution in [0.25, 0.3) is 0 Å². The monoisotopic (exact) mass is 212 g/mol. The zero-order chi connectivity index (χ0) is 10.2. The number of hydrogen-bond donors (Lipinski definition) is 0. The van der Waals surface area contributed by atoms with Crippen LogP contribution in [0, 0.1) is 0 Å². The van der Waals surface area contributed by atoms with Crippen LogP contribution in [-0.2, 0) is 11.2 Å². The van der Waals surface area contributed by atoms with Gasteiger partial charge in [-0.15, -0.1) is 0 Å². The zero-order valence-electron chi connectivity index (χ0n) is 8.34. The molecule has 1 aliphatic heterocycles. The number of methoxy groups -OCH3 is 1. The van der Waals surface area contributed by atoms with Crippen molar-refractivity contribution >= 4 is 11.6 Å².